The zero-order chi connectivity index (χ0) is 12.8. The summed E-state index contributed by atoms with van der Waals surface area (Å²) in [5.74, 6) is -2.82. The van der Waals surface area contributed by atoms with Crippen molar-refractivity contribution in [3.63, 3.8) is 0 Å². The van der Waals surface area contributed by atoms with Crippen LogP contribution in [0.3, 0.4) is 0 Å². The van der Waals surface area contributed by atoms with Crippen molar-refractivity contribution in [1.29, 1.82) is 0 Å². The SMILES string of the molecule is FC(F)(CNCC1CCCCO1)c1ccccc1. The number of nitrogens with one attached hydrogen (secondary N) is 1. The van der Waals surface area contributed by atoms with E-state index in [1.165, 1.54) is 12.1 Å². The number of halogens is 2. The normalized spacial score (nSPS) is 20.9. The molecular formula is C14H19F2NO. The predicted molar refractivity (Wildman–Crippen MR) is 66.8 cm³/mol. The fraction of sp³-hybridized carbons (Fsp3) is 0.571. The van der Waals surface area contributed by atoms with E-state index in [1.54, 1.807) is 18.2 Å². The Kier molecular flexibility index (Phi) is 4.66. The number of ether oxygens (including phenoxy) is 1. The van der Waals surface area contributed by atoms with Crippen LogP contribution >= 0.6 is 0 Å². The van der Waals surface area contributed by atoms with Crippen LogP contribution in [0.4, 0.5) is 8.78 Å². The molecule has 1 aliphatic rings. The summed E-state index contributed by atoms with van der Waals surface area (Å²) in [7, 11) is 0. The van der Waals surface area contributed by atoms with Gasteiger partial charge in [-0.3, -0.25) is 0 Å². The lowest BCUT2D eigenvalue weighted by Crippen LogP contribution is -2.37. The number of benzene rings is 1. The monoisotopic (exact) mass is 255 g/mol. The van der Waals surface area contributed by atoms with Crippen molar-refractivity contribution in [3.05, 3.63) is 35.9 Å². The molecule has 2 nitrogen and oxygen atoms in total. The van der Waals surface area contributed by atoms with E-state index in [0.29, 0.717) is 6.54 Å². The Hall–Kier alpha value is -1.00. The lowest BCUT2D eigenvalue weighted by molar-refractivity contribution is -0.0158. The quantitative estimate of drug-likeness (QED) is 0.873. The molecule has 4 heteroatoms. The largest absolute Gasteiger partial charge is 0.377 e. The van der Waals surface area contributed by atoms with Crippen molar-refractivity contribution in [2.75, 3.05) is 19.7 Å². The van der Waals surface area contributed by atoms with Gasteiger partial charge in [0.15, 0.2) is 0 Å². The van der Waals surface area contributed by atoms with Crippen LogP contribution in [0.25, 0.3) is 0 Å². The van der Waals surface area contributed by atoms with Gasteiger partial charge in [0.05, 0.1) is 12.6 Å². The second-order valence-electron chi connectivity index (χ2n) is 4.69. The molecule has 1 aromatic carbocycles. The zero-order valence-electron chi connectivity index (χ0n) is 10.4. The van der Waals surface area contributed by atoms with Crippen molar-refractivity contribution in [1.82, 2.24) is 5.32 Å². The third-order valence-electron chi connectivity index (χ3n) is 3.19. The summed E-state index contributed by atoms with van der Waals surface area (Å²) in [5, 5.41) is 2.82. The second kappa shape index (κ2) is 6.25. The van der Waals surface area contributed by atoms with Gasteiger partial charge < -0.3 is 10.1 Å². The first-order valence-electron chi connectivity index (χ1n) is 6.44. The maximum absolute atomic E-state index is 13.8. The first-order chi connectivity index (χ1) is 8.68. The smallest absolute Gasteiger partial charge is 0.285 e. The van der Waals surface area contributed by atoms with Crippen LogP contribution in [0, 0.1) is 0 Å². The van der Waals surface area contributed by atoms with E-state index in [9.17, 15) is 8.78 Å². The molecule has 2 rings (SSSR count). The highest BCUT2D eigenvalue weighted by Crippen LogP contribution is 2.26. The van der Waals surface area contributed by atoms with Crippen LogP contribution < -0.4 is 5.32 Å². The molecule has 1 heterocycles. The summed E-state index contributed by atoms with van der Waals surface area (Å²) in [6, 6.07) is 7.92. The predicted octanol–water partition coefficient (Wildman–Crippen LogP) is 2.94. The summed E-state index contributed by atoms with van der Waals surface area (Å²) < 4.78 is 33.1. The molecule has 1 saturated heterocycles. The molecule has 0 aromatic heterocycles. The summed E-state index contributed by atoms with van der Waals surface area (Å²) >= 11 is 0. The molecule has 0 radical (unpaired) electrons. The summed E-state index contributed by atoms with van der Waals surface area (Å²) in [4.78, 5) is 0. The number of rotatable bonds is 5. The van der Waals surface area contributed by atoms with Gasteiger partial charge in [0.1, 0.15) is 0 Å². The highest BCUT2D eigenvalue weighted by Gasteiger charge is 2.30. The van der Waals surface area contributed by atoms with E-state index in [4.69, 9.17) is 4.74 Å². The summed E-state index contributed by atoms with van der Waals surface area (Å²) in [6.45, 7) is 0.917. The molecule has 1 aromatic rings. The van der Waals surface area contributed by atoms with Gasteiger partial charge in [-0.25, -0.2) is 0 Å². The Morgan fingerprint density at radius 2 is 2.00 bits per heavy atom. The van der Waals surface area contributed by atoms with Crippen LogP contribution in [0.2, 0.25) is 0 Å². The maximum Gasteiger partial charge on any atom is 0.285 e. The molecule has 0 bridgehead atoms. The van der Waals surface area contributed by atoms with Crippen LogP contribution in [0.15, 0.2) is 30.3 Å². The third-order valence-corrected chi connectivity index (χ3v) is 3.19. The molecule has 1 unspecified atom stereocenters. The van der Waals surface area contributed by atoms with Crippen molar-refractivity contribution in [3.8, 4) is 0 Å². The molecule has 0 spiro atoms. The number of hydrogen-bond donors (Lipinski definition) is 1. The van der Waals surface area contributed by atoms with Crippen LogP contribution in [0.1, 0.15) is 24.8 Å². The number of alkyl halides is 2. The fourth-order valence-corrected chi connectivity index (χ4v) is 2.14. The zero-order valence-corrected chi connectivity index (χ0v) is 10.4. The molecular weight excluding hydrogens is 236 g/mol. The van der Waals surface area contributed by atoms with Gasteiger partial charge in [-0.05, 0) is 19.3 Å². The maximum atomic E-state index is 13.8. The highest BCUT2D eigenvalue weighted by atomic mass is 19.3. The molecule has 1 fully saturated rings. The molecule has 0 aliphatic carbocycles. The Morgan fingerprint density at radius 1 is 1.22 bits per heavy atom. The van der Waals surface area contributed by atoms with Gasteiger partial charge in [-0.2, -0.15) is 8.78 Å². The third kappa shape index (κ3) is 3.75. The summed E-state index contributed by atoms with van der Waals surface area (Å²) in [5.41, 5.74) is 0.0575. The molecule has 100 valence electrons. The lowest BCUT2D eigenvalue weighted by atomic mass is 10.1. The van der Waals surface area contributed by atoms with E-state index < -0.39 is 5.92 Å². The Morgan fingerprint density at radius 3 is 2.67 bits per heavy atom. The Balaban J connectivity index is 1.78. The standard InChI is InChI=1S/C14H19F2NO/c15-14(16,12-6-2-1-3-7-12)11-17-10-13-8-4-5-9-18-13/h1-3,6-7,13,17H,4-5,8-11H2. The van der Waals surface area contributed by atoms with Gasteiger partial charge in [0.25, 0.3) is 5.92 Å². The topological polar surface area (TPSA) is 21.3 Å². The minimum Gasteiger partial charge on any atom is -0.377 e. The van der Waals surface area contributed by atoms with E-state index in [2.05, 4.69) is 5.32 Å². The van der Waals surface area contributed by atoms with Crippen molar-refractivity contribution in [2.45, 2.75) is 31.3 Å². The summed E-state index contributed by atoms with van der Waals surface area (Å²) in [6.07, 6.45) is 3.26. The Bertz CT molecular complexity index is 350. The molecule has 0 saturated carbocycles. The second-order valence-corrected chi connectivity index (χ2v) is 4.69. The molecule has 0 amide bonds. The van der Waals surface area contributed by atoms with Crippen LogP contribution in [-0.2, 0) is 10.7 Å². The van der Waals surface area contributed by atoms with E-state index in [0.717, 1.165) is 25.9 Å². The van der Waals surface area contributed by atoms with Gasteiger partial charge in [-0.15, -0.1) is 0 Å². The minimum absolute atomic E-state index is 0.0575. The number of hydrogen-bond acceptors (Lipinski definition) is 2. The van der Waals surface area contributed by atoms with Crippen LogP contribution in [0.5, 0.6) is 0 Å². The fourth-order valence-electron chi connectivity index (χ4n) is 2.14. The molecule has 1 aliphatic heterocycles. The van der Waals surface area contributed by atoms with E-state index in [-0.39, 0.29) is 18.2 Å². The van der Waals surface area contributed by atoms with Gasteiger partial charge in [0.2, 0.25) is 0 Å². The van der Waals surface area contributed by atoms with Gasteiger partial charge >= 0.3 is 0 Å². The first kappa shape index (κ1) is 13.4. The van der Waals surface area contributed by atoms with E-state index >= 15 is 0 Å². The average Bonchev–Trinajstić information content (AvgIpc) is 2.41. The van der Waals surface area contributed by atoms with E-state index in [1.807, 2.05) is 0 Å². The molecule has 1 N–H and O–H groups in total. The van der Waals surface area contributed by atoms with Crippen molar-refractivity contribution in [2.24, 2.45) is 0 Å². The van der Waals surface area contributed by atoms with Crippen LogP contribution in [-0.4, -0.2) is 25.8 Å². The first-order valence-corrected chi connectivity index (χ1v) is 6.44. The van der Waals surface area contributed by atoms with Crippen molar-refractivity contribution < 1.29 is 13.5 Å². The van der Waals surface area contributed by atoms with Crippen molar-refractivity contribution >= 4 is 0 Å². The average molecular weight is 255 g/mol. The van der Waals surface area contributed by atoms with Gasteiger partial charge in [0, 0.05) is 18.7 Å². The highest BCUT2D eigenvalue weighted by molar-refractivity contribution is 5.20. The molecule has 18 heavy (non-hydrogen) atoms. The Labute approximate surface area is 106 Å². The molecule has 1 atom stereocenters. The van der Waals surface area contributed by atoms with Gasteiger partial charge in [-0.1, -0.05) is 30.3 Å². The lowest BCUT2D eigenvalue weighted by Gasteiger charge is -2.24. The minimum atomic E-state index is -2.82.